The maximum atomic E-state index is 11.8. The fourth-order valence-corrected chi connectivity index (χ4v) is 5.08. The molecule has 0 radical (unpaired) electrons. The fourth-order valence-electron chi connectivity index (χ4n) is 4.00. The summed E-state index contributed by atoms with van der Waals surface area (Å²) in [6.45, 7) is 4.32. The van der Waals surface area contributed by atoms with Gasteiger partial charge in [0.15, 0.2) is 0 Å². The smallest absolute Gasteiger partial charge is 0.229 e. The number of aromatic nitrogens is 1. The van der Waals surface area contributed by atoms with Crippen LogP contribution in [0.15, 0.2) is 53.6 Å². The lowest BCUT2D eigenvalue weighted by molar-refractivity contribution is 0.482. The van der Waals surface area contributed by atoms with Gasteiger partial charge in [0.05, 0.1) is 17.5 Å². The maximum absolute atomic E-state index is 11.8. The van der Waals surface area contributed by atoms with Gasteiger partial charge in [0.2, 0.25) is 10.0 Å². The summed E-state index contributed by atoms with van der Waals surface area (Å²) >= 11 is 0. The molecule has 0 unspecified atom stereocenters. The zero-order chi connectivity index (χ0) is 20.5. The van der Waals surface area contributed by atoms with Crippen molar-refractivity contribution in [3.8, 4) is 0 Å². The first-order chi connectivity index (χ1) is 13.2. The maximum Gasteiger partial charge on any atom is 0.229 e. The third-order valence-electron chi connectivity index (χ3n) is 5.47. The molecule has 5 nitrogen and oxygen atoms in total. The van der Waals surface area contributed by atoms with Gasteiger partial charge in [-0.15, -0.1) is 0 Å². The molecule has 3 rings (SSSR count). The Bertz CT molecular complexity index is 1110. The van der Waals surface area contributed by atoms with Gasteiger partial charge in [-0.3, -0.25) is 8.93 Å². The number of rotatable bonds is 7. The number of benzene rings is 2. The van der Waals surface area contributed by atoms with Crippen LogP contribution in [0.25, 0.3) is 10.9 Å². The van der Waals surface area contributed by atoms with E-state index < -0.39 is 20.8 Å². The van der Waals surface area contributed by atoms with Crippen LogP contribution in [0, 0.1) is 0 Å². The van der Waals surface area contributed by atoms with E-state index in [-0.39, 0.29) is 5.41 Å². The molecule has 0 bridgehead atoms. The Kier molecular flexibility index (Phi) is 5.68. The van der Waals surface area contributed by atoms with Crippen LogP contribution in [-0.4, -0.2) is 30.1 Å². The van der Waals surface area contributed by atoms with Gasteiger partial charge in [-0.1, -0.05) is 38.1 Å². The Morgan fingerprint density at radius 2 is 1.71 bits per heavy atom. The minimum atomic E-state index is -3.37. The van der Waals surface area contributed by atoms with Crippen LogP contribution in [0.2, 0.25) is 0 Å². The van der Waals surface area contributed by atoms with Crippen LogP contribution in [0.3, 0.4) is 0 Å². The van der Waals surface area contributed by atoms with Crippen LogP contribution in [0.4, 0.5) is 5.69 Å². The van der Waals surface area contributed by atoms with Crippen LogP contribution in [-0.2, 0) is 26.2 Å². The highest BCUT2D eigenvalue weighted by molar-refractivity contribution is 7.92. The van der Waals surface area contributed by atoms with Gasteiger partial charge in [0.25, 0.3) is 0 Å². The van der Waals surface area contributed by atoms with Crippen molar-refractivity contribution in [2.24, 2.45) is 0 Å². The fraction of sp³-hybridized carbons (Fsp3) is 0.333. The summed E-state index contributed by atoms with van der Waals surface area (Å²) in [6.07, 6.45) is 6.58. The molecule has 0 saturated heterocycles. The molecule has 2 N–H and O–H groups in total. The second kappa shape index (κ2) is 7.72. The highest BCUT2D eigenvalue weighted by atomic mass is 32.2. The highest BCUT2D eigenvalue weighted by Gasteiger charge is 2.33. The summed E-state index contributed by atoms with van der Waals surface area (Å²) < 4.78 is 37.8. The predicted octanol–water partition coefficient (Wildman–Crippen LogP) is 4.38. The van der Waals surface area contributed by atoms with E-state index in [9.17, 15) is 12.6 Å². The number of sulfonamides is 1. The van der Waals surface area contributed by atoms with Crippen molar-refractivity contribution in [3.63, 3.8) is 0 Å². The van der Waals surface area contributed by atoms with Crippen molar-refractivity contribution >= 4 is 37.4 Å². The number of fused-ring (bicyclic) bond motifs is 1. The zero-order valence-corrected chi connectivity index (χ0v) is 18.2. The van der Waals surface area contributed by atoms with E-state index in [1.165, 1.54) is 0 Å². The van der Waals surface area contributed by atoms with Crippen LogP contribution in [0.5, 0.6) is 0 Å². The number of hydrogen-bond donors (Lipinski definition) is 2. The topological polar surface area (TPSA) is 79.0 Å². The standard InChI is InChI=1S/C21H26N2O3S2/c1-5-21(6-2,15-10-12-16(13-11-15)27(3)24)18-14-22-20-17(18)8-7-9-19(20)23-28(4,25)26/h7-14,22-23H,5-6H2,1-4H3/t27-/m0/s1. The van der Waals surface area contributed by atoms with Gasteiger partial charge >= 0.3 is 0 Å². The van der Waals surface area contributed by atoms with Crippen LogP contribution >= 0.6 is 0 Å². The Morgan fingerprint density at radius 3 is 2.25 bits per heavy atom. The second-order valence-corrected chi connectivity index (χ2v) is 10.2. The molecule has 0 aliphatic rings. The van der Waals surface area contributed by atoms with Crippen molar-refractivity contribution in [1.82, 2.24) is 4.98 Å². The molecule has 0 saturated carbocycles. The molecule has 1 aromatic heterocycles. The molecule has 0 aliphatic carbocycles. The molecule has 1 heterocycles. The average molecular weight is 419 g/mol. The van der Waals surface area contributed by atoms with Gasteiger partial charge < -0.3 is 4.98 Å². The third kappa shape index (κ3) is 3.73. The largest absolute Gasteiger partial charge is 0.359 e. The second-order valence-electron chi connectivity index (χ2n) is 7.07. The lowest BCUT2D eigenvalue weighted by Gasteiger charge is -2.33. The molecule has 0 aliphatic heterocycles. The number of H-pyrrole nitrogens is 1. The van der Waals surface area contributed by atoms with Crippen LogP contribution in [0.1, 0.15) is 37.8 Å². The van der Waals surface area contributed by atoms with E-state index in [0.717, 1.165) is 46.0 Å². The molecule has 2 aromatic carbocycles. The molecule has 150 valence electrons. The summed E-state index contributed by atoms with van der Waals surface area (Å²) in [7, 11) is -4.38. The molecule has 3 aromatic rings. The minimum Gasteiger partial charge on any atom is -0.359 e. The van der Waals surface area contributed by atoms with Crippen molar-refractivity contribution in [2.45, 2.75) is 37.0 Å². The van der Waals surface area contributed by atoms with Gasteiger partial charge in [-0.2, -0.15) is 0 Å². The third-order valence-corrected chi connectivity index (χ3v) is 7.00. The van der Waals surface area contributed by atoms with Crippen molar-refractivity contribution < 1.29 is 12.6 Å². The normalized spacial score (nSPS) is 13.6. The van der Waals surface area contributed by atoms with Crippen molar-refractivity contribution in [1.29, 1.82) is 0 Å². The van der Waals surface area contributed by atoms with E-state index in [4.69, 9.17) is 0 Å². The predicted molar refractivity (Wildman–Crippen MR) is 117 cm³/mol. The molecule has 7 heteroatoms. The van der Waals surface area contributed by atoms with Crippen LogP contribution < -0.4 is 4.72 Å². The van der Waals surface area contributed by atoms with E-state index in [0.29, 0.717) is 5.69 Å². The first-order valence-electron chi connectivity index (χ1n) is 9.24. The molecular weight excluding hydrogens is 392 g/mol. The molecule has 28 heavy (non-hydrogen) atoms. The summed E-state index contributed by atoms with van der Waals surface area (Å²) in [6, 6.07) is 13.6. The van der Waals surface area contributed by atoms with Gasteiger partial charge in [0, 0.05) is 38.9 Å². The quantitative estimate of drug-likeness (QED) is 0.597. The van der Waals surface area contributed by atoms with E-state index in [1.54, 1.807) is 12.3 Å². The van der Waals surface area contributed by atoms with Gasteiger partial charge in [-0.05, 0) is 42.2 Å². The zero-order valence-electron chi connectivity index (χ0n) is 16.6. The summed E-state index contributed by atoms with van der Waals surface area (Å²) in [4.78, 5) is 4.09. The Hall–Kier alpha value is -2.12. The molecule has 0 amide bonds. The Balaban J connectivity index is 2.18. The average Bonchev–Trinajstić information content (AvgIpc) is 3.08. The number of hydrogen-bond acceptors (Lipinski definition) is 3. The summed E-state index contributed by atoms with van der Waals surface area (Å²) in [5.41, 5.74) is 3.39. The SMILES string of the molecule is CCC(CC)(c1ccc([S@](C)=O)cc1)c1c[nH]c2c(NS(C)(=O)=O)cccc12. The summed E-state index contributed by atoms with van der Waals surface area (Å²) in [5.74, 6) is 0. The van der Waals surface area contributed by atoms with Crippen molar-refractivity contribution in [3.05, 3.63) is 59.8 Å². The monoisotopic (exact) mass is 418 g/mol. The number of nitrogens with one attached hydrogen (secondary N) is 2. The Morgan fingerprint density at radius 1 is 1.07 bits per heavy atom. The number of aromatic amines is 1. The minimum absolute atomic E-state index is 0.226. The van der Waals surface area contributed by atoms with Gasteiger partial charge in [-0.25, -0.2) is 8.42 Å². The number of para-hydroxylation sites is 1. The number of anilines is 1. The molecular formula is C21H26N2O3S2. The lowest BCUT2D eigenvalue weighted by atomic mass is 9.70. The van der Waals surface area contributed by atoms with E-state index in [2.05, 4.69) is 35.7 Å². The van der Waals surface area contributed by atoms with Gasteiger partial charge in [0.1, 0.15) is 0 Å². The molecule has 0 fully saturated rings. The molecule has 0 spiro atoms. The Labute approximate surface area is 169 Å². The molecule has 1 atom stereocenters. The summed E-state index contributed by atoms with van der Waals surface area (Å²) in [5, 5.41) is 1.00. The lowest BCUT2D eigenvalue weighted by Crippen LogP contribution is -2.25. The first-order valence-corrected chi connectivity index (χ1v) is 12.7. The first kappa shape index (κ1) is 20.6. The van der Waals surface area contributed by atoms with E-state index >= 15 is 0 Å². The van der Waals surface area contributed by atoms with Crippen molar-refractivity contribution in [2.75, 3.05) is 17.2 Å². The van der Waals surface area contributed by atoms with E-state index in [1.807, 2.05) is 30.5 Å². The highest BCUT2D eigenvalue weighted by Crippen LogP contribution is 2.43.